The molecule has 0 unspecified atom stereocenters. The topological polar surface area (TPSA) is 0 Å². The van der Waals surface area contributed by atoms with Crippen molar-refractivity contribution >= 4 is 116 Å². The van der Waals surface area contributed by atoms with E-state index in [1.54, 1.807) is 46.7 Å². The standard InChI is InChI=1S/2C20H13.2C12H13.2C2H6Si.4ClH.2Zr/c2*1-12-10-14-8-9-16-15-6-2-4-13-5-3-7-17(19(13)15)20(16)18(14)11-12;2*1-3-10-5-4-6-11-7-9(2)8-12(10)11;2*1-3-2;;;;;;/h2*2-7,9-10H,11H2,1H3;2*4-8H,3H2,1-2H3;2*1-2H3;4*1H;;/q4*-1;;;;;;;2*+2. The fourth-order valence-electron chi connectivity index (χ4n) is 11.1. The maximum Gasteiger partial charge on any atom is -0.147 e. The van der Waals surface area contributed by atoms with Gasteiger partial charge in [-0.15, -0.1) is 189 Å². The summed E-state index contributed by atoms with van der Waals surface area (Å²) in [6.07, 6.45) is 8.94. The Morgan fingerprint density at radius 2 is 0.789 bits per heavy atom. The maximum absolute atomic E-state index is 3.48. The van der Waals surface area contributed by atoms with Crippen LogP contribution in [0.1, 0.15) is 72.2 Å². The number of halogens is 4. The minimum atomic E-state index is 0. The van der Waals surface area contributed by atoms with E-state index in [-0.39, 0.29) is 60.5 Å². The van der Waals surface area contributed by atoms with Gasteiger partial charge in [0.2, 0.25) is 0 Å². The average molecular weight is 1270 g/mol. The van der Waals surface area contributed by atoms with Gasteiger partial charge in [0.15, 0.2) is 0 Å². The molecule has 0 fully saturated rings. The van der Waals surface area contributed by atoms with Crippen molar-refractivity contribution in [2.75, 3.05) is 0 Å². The first-order chi connectivity index (χ1) is 34.7. The monoisotopic (exact) mass is 1260 g/mol. The Balaban J connectivity index is 0.000000180. The Labute approximate surface area is 508 Å². The Morgan fingerprint density at radius 3 is 1.13 bits per heavy atom. The molecule has 0 bridgehead atoms. The first-order valence-corrected chi connectivity index (χ1v) is 38.0. The van der Waals surface area contributed by atoms with Gasteiger partial charge in [0.1, 0.15) is 0 Å². The van der Waals surface area contributed by atoms with Gasteiger partial charge in [0.05, 0.1) is 0 Å². The van der Waals surface area contributed by atoms with Crippen LogP contribution in [0.5, 0.6) is 0 Å². The summed E-state index contributed by atoms with van der Waals surface area (Å²) in [4.78, 5) is 0. The molecule has 384 valence electrons. The third-order valence-electron chi connectivity index (χ3n) is 13.9. The normalized spacial score (nSPS) is 11.7. The number of benzene rings is 8. The second-order valence-corrected chi connectivity index (χ2v) is 39.1. The number of hydrogen-bond donors (Lipinski definition) is 0. The number of rotatable bonds is 2. The molecule has 0 N–H and O–H groups in total. The molecule has 0 aromatic heterocycles. The van der Waals surface area contributed by atoms with Gasteiger partial charge in [-0.2, -0.15) is 12.1 Å². The summed E-state index contributed by atoms with van der Waals surface area (Å²) in [5, 5.41) is 11.1. The molecule has 14 rings (SSSR count). The Morgan fingerprint density at radius 1 is 0.461 bits per heavy atom. The van der Waals surface area contributed by atoms with E-state index in [9.17, 15) is 0 Å². The van der Waals surface area contributed by atoms with E-state index in [1.807, 2.05) is 0 Å². The van der Waals surface area contributed by atoms with E-state index in [4.69, 9.17) is 0 Å². The minimum absolute atomic E-state index is 0. The van der Waals surface area contributed by atoms with Crippen LogP contribution in [-0.4, -0.2) is 10.9 Å². The molecule has 0 heterocycles. The third kappa shape index (κ3) is 13.5. The van der Waals surface area contributed by atoms with Crippen molar-refractivity contribution in [2.45, 2.75) is 93.4 Å². The number of fused-ring (bicyclic) bond motifs is 12. The quantitative estimate of drug-likeness (QED) is 0.120. The molecule has 4 aliphatic carbocycles. The third-order valence-corrected chi connectivity index (χ3v) is 13.9. The summed E-state index contributed by atoms with van der Waals surface area (Å²) >= 11 is 3.48. The van der Waals surface area contributed by atoms with E-state index in [0.29, 0.717) is 0 Å². The molecule has 0 nitrogen and oxygen atoms in total. The van der Waals surface area contributed by atoms with Crippen molar-refractivity contribution in [1.29, 1.82) is 0 Å². The van der Waals surface area contributed by atoms with E-state index >= 15 is 0 Å². The molecule has 8 heteroatoms. The molecular weight excluding hydrogens is 1200 g/mol. The van der Waals surface area contributed by atoms with Crippen LogP contribution < -0.4 is 0 Å². The fourth-order valence-corrected chi connectivity index (χ4v) is 11.1. The maximum atomic E-state index is 3.48. The Kier molecular flexibility index (Phi) is 23.2. The van der Waals surface area contributed by atoms with Gasteiger partial charge < -0.3 is 0 Å². The van der Waals surface area contributed by atoms with Crippen molar-refractivity contribution in [3.63, 3.8) is 0 Å². The van der Waals surface area contributed by atoms with Crippen LogP contribution in [0.4, 0.5) is 0 Å². The molecule has 0 atom stereocenters. The van der Waals surface area contributed by atoms with E-state index in [1.165, 1.54) is 143 Å². The molecule has 10 aromatic carbocycles. The van der Waals surface area contributed by atoms with Crippen molar-refractivity contribution < 1.29 is 46.7 Å². The number of hydrogen-bond acceptors (Lipinski definition) is 0. The molecule has 0 amide bonds. The molecule has 0 saturated carbocycles. The summed E-state index contributed by atoms with van der Waals surface area (Å²) in [5.41, 5.74) is 25.6. The molecule has 0 saturated heterocycles. The van der Waals surface area contributed by atoms with Gasteiger partial charge in [-0.25, -0.2) is 0 Å². The van der Waals surface area contributed by atoms with Crippen molar-refractivity contribution in [3.05, 3.63) is 213 Å². The number of aryl methyl sites for hydroxylation is 4. The van der Waals surface area contributed by atoms with E-state index in [2.05, 4.69) is 238 Å². The molecular formula is C68H68Cl4Si2Zr2. The molecule has 4 aliphatic rings. The molecule has 0 spiro atoms. The Bertz CT molecular complexity index is 3550. The summed E-state index contributed by atoms with van der Waals surface area (Å²) in [6.45, 7) is 22.4. The van der Waals surface area contributed by atoms with Crippen LogP contribution in [0.3, 0.4) is 0 Å². The van der Waals surface area contributed by atoms with Gasteiger partial charge >= 0.3 is 83.7 Å². The van der Waals surface area contributed by atoms with Crippen molar-refractivity contribution in [2.24, 2.45) is 0 Å². The van der Waals surface area contributed by atoms with Gasteiger partial charge in [-0.3, -0.25) is 0 Å². The first kappa shape index (κ1) is 63.2. The molecule has 0 aliphatic heterocycles. The van der Waals surface area contributed by atoms with Crippen LogP contribution in [0.25, 0.3) is 99.7 Å². The van der Waals surface area contributed by atoms with Gasteiger partial charge in [-0.1, -0.05) is 171 Å². The van der Waals surface area contributed by atoms with Crippen molar-refractivity contribution in [3.8, 4) is 44.5 Å². The molecule has 76 heavy (non-hydrogen) atoms. The summed E-state index contributed by atoms with van der Waals surface area (Å²) in [7, 11) is 0. The van der Waals surface area contributed by atoms with Gasteiger partial charge in [0, 0.05) is 0 Å². The minimum Gasteiger partial charge on any atom is -0.147 e. The van der Waals surface area contributed by atoms with Crippen molar-refractivity contribution in [1.82, 2.24) is 0 Å². The second kappa shape index (κ2) is 28.0. The van der Waals surface area contributed by atoms with Crippen LogP contribution in [0.2, 0.25) is 26.2 Å². The zero-order valence-electron chi connectivity index (χ0n) is 45.5. The zero-order valence-corrected chi connectivity index (χ0v) is 55.7. The molecule has 0 radical (unpaired) electrons. The Hall–Kier alpha value is -3.66. The average Bonchev–Trinajstić information content (AvgIpc) is 4.22. The summed E-state index contributed by atoms with van der Waals surface area (Å²) in [6, 6.07) is 60.0. The van der Waals surface area contributed by atoms with Crippen LogP contribution in [-0.2, 0) is 72.4 Å². The zero-order chi connectivity index (χ0) is 50.8. The van der Waals surface area contributed by atoms with Crippen LogP contribution >= 0.6 is 49.6 Å². The largest absolute Gasteiger partial charge is 0.147 e. The number of allylic oxidation sites excluding steroid dienone is 2. The SMILES string of the molecule is CC1=Cc2[c-]cc3c(c2C1)-c1cccc2cccc-3c12.CC1=Cc2[c-]cc3c(c2C1)-c1cccc2cccc-3c12.CCc1cccc2[cH-]c(C)cc12.CCc1cccc2[cH-]c(C)cc12.C[Si](C)=[Zr+2].C[Si](C)=[Zr+2].Cl.Cl.Cl.Cl. The predicted octanol–water partition coefficient (Wildman–Crippen LogP) is 20.6. The van der Waals surface area contributed by atoms with Gasteiger partial charge in [-0.05, 0) is 58.4 Å². The summed E-state index contributed by atoms with van der Waals surface area (Å²) < 4.78 is 0. The van der Waals surface area contributed by atoms with Gasteiger partial charge in [0.25, 0.3) is 0 Å². The fraction of sp³-hybridized carbons (Fsp3) is 0.206. The first-order valence-electron chi connectivity index (χ1n) is 25.6. The van der Waals surface area contributed by atoms with E-state index in [0.717, 1.165) is 25.7 Å². The summed E-state index contributed by atoms with van der Waals surface area (Å²) in [5.74, 6) is 0. The molecule has 10 aromatic rings. The second-order valence-electron chi connectivity index (χ2n) is 20.3. The van der Waals surface area contributed by atoms with E-state index < -0.39 is 0 Å². The smallest absolute Gasteiger partial charge is 0.147 e. The van der Waals surface area contributed by atoms with Crippen LogP contribution in [0.15, 0.2) is 157 Å². The van der Waals surface area contributed by atoms with Crippen LogP contribution in [0, 0.1) is 26.0 Å². The predicted molar refractivity (Wildman–Crippen MR) is 340 cm³/mol.